The molecule has 42 heavy (non-hydrogen) atoms. The Morgan fingerprint density at radius 2 is 0.857 bits per heavy atom. The van der Waals surface area contributed by atoms with E-state index in [0.29, 0.717) is 6.42 Å². The topological polar surface area (TPSA) is 74.6 Å². The van der Waals surface area contributed by atoms with Gasteiger partial charge in [-0.25, -0.2) is 0 Å². The molecule has 4 nitrogen and oxygen atoms in total. The molecule has 0 heterocycles. The molecule has 0 radical (unpaired) electrons. The molecule has 1 atom stereocenters. The minimum Gasteiger partial charge on any atom is 0 e. The summed E-state index contributed by atoms with van der Waals surface area (Å²) in [6, 6.07) is 0. The van der Waals surface area contributed by atoms with Crippen LogP contribution in [0.15, 0.2) is 24.3 Å². The van der Waals surface area contributed by atoms with Crippen molar-refractivity contribution in [3.8, 4) is 0 Å². The summed E-state index contributed by atoms with van der Waals surface area (Å²) in [7, 11) is 0. The van der Waals surface area contributed by atoms with E-state index in [0.717, 1.165) is 32.1 Å². The average Bonchev–Trinajstić information content (AvgIpc) is 2.93. The molecule has 2 N–H and O–H groups in total. The second-order valence-corrected chi connectivity index (χ2v) is 12.5. The van der Waals surface area contributed by atoms with Gasteiger partial charge in [-0.05, 0) is 32.1 Å². The maximum Gasteiger partial charge on any atom is 0 e. The molecule has 0 saturated heterocycles. The minimum atomic E-state index is -0.729. The smallest absolute Gasteiger partial charge is 0 e. The molecule has 1 unspecified atom stereocenters. The van der Waals surface area contributed by atoms with Crippen LogP contribution in [0.2, 0.25) is 4.82 Å². The van der Waals surface area contributed by atoms with Crippen molar-refractivity contribution in [2.24, 2.45) is 0 Å². The Hall–Kier alpha value is -0.541. The van der Waals surface area contributed by atoms with Gasteiger partial charge in [0.1, 0.15) is 0 Å². The van der Waals surface area contributed by atoms with Gasteiger partial charge in [-0.1, -0.05) is 96.6 Å². The van der Waals surface area contributed by atoms with Gasteiger partial charge in [0.25, 0.3) is 0 Å². The number of carboxylic acids is 2. The zero-order chi connectivity index (χ0) is 30.7. The van der Waals surface area contributed by atoms with E-state index >= 15 is 0 Å². The molecule has 0 fully saturated rings. The fraction of sp³-hybridized carbons (Fsp3) is 0.833. The minimum absolute atomic E-state index is 0. The van der Waals surface area contributed by atoms with Crippen LogP contribution in [0.5, 0.6) is 0 Å². The molecule has 0 aliphatic heterocycles. The van der Waals surface area contributed by atoms with Gasteiger partial charge < -0.3 is 5.11 Å². The summed E-state index contributed by atoms with van der Waals surface area (Å²) in [6.45, 7) is 4.51. The maximum absolute atomic E-state index is 10.5. The number of unbranched alkanes of at least 4 members (excludes halogenated alkanes) is 20. The van der Waals surface area contributed by atoms with Crippen molar-refractivity contribution in [3.05, 3.63) is 24.3 Å². The summed E-state index contributed by atoms with van der Waals surface area (Å²) in [5, 5.41) is 17.1. The van der Waals surface area contributed by atoms with Crippen molar-refractivity contribution in [2.45, 2.75) is 192 Å². The molecule has 0 aromatic rings. The molecule has 0 aromatic heterocycles. The summed E-state index contributed by atoms with van der Waals surface area (Å²) in [4.78, 5) is 20.9. The Morgan fingerprint density at radius 3 is 1.21 bits per heavy atom. The Bertz CT molecular complexity index is 607. The summed E-state index contributed by atoms with van der Waals surface area (Å²) < 4.78 is 0. The first-order valence-electron chi connectivity index (χ1n) is 17.3. The monoisotopic (exact) mass is 675 g/mol. The first kappa shape index (κ1) is 45.9. The second-order valence-electron chi connectivity index (χ2n) is 11.6. The Morgan fingerprint density at radius 1 is 0.524 bits per heavy atom. The van der Waals surface area contributed by atoms with Gasteiger partial charge in [-0.15, -0.1) is 0 Å². The Balaban J connectivity index is -0.000000708. The standard InChI is InChI=1S/C18H34O2.C18H33O2.2Fe/c2*1-2-3-4-5-6-7-8-9-10-11-12-13-14-15-16-17-18(19)20;;/h9-10H,2-8,11-17H2,1H3,(H,19,20);9-10,16H,2-8,11-15,17H2,1H3,(H,19,20);;/b2*10-9-;;. The average molecular weight is 676 g/mol. The number of allylic oxidation sites excluding steroid dienone is 4. The first-order chi connectivity index (χ1) is 19.9. The predicted molar refractivity (Wildman–Crippen MR) is 173 cm³/mol. The van der Waals surface area contributed by atoms with Crippen molar-refractivity contribution < 1.29 is 52.9 Å². The van der Waals surface area contributed by atoms with Crippen molar-refractivity contribution in [1.82, 2.24) is 0 Å². The van der Waals surface area contributed by atoms with Crippen LogP contribution < -0.4 is 0 Å². The van der Waals surface area contributed by atoms with Gasteiger partial charge >= 0.3 is 119 Å². The third-order valence-electron chi connectivity index (χ3n) is 7.32. The van der Waals surface area contributed by atoms with Gasteiger partial charge in [0.05, 0.1) is 0 Å². The maximum atomic E-state index is 10.5. The molecule has 0 amide bonds. The van der Waals surface area contributed by atoms with Gasteiger partial charge in [-0.2, -0.15) is 0 Å². The molecule has 0 bridgehead atoms. The number of hydrogen-bond acceptors (Lipinski definition) is 2. The molecule has 251 valence electrons. The van der Waals surface area contributed by atoms with E-state index in [-0.39, 0.29) is 28.3 Å². The number of hydrogen-bond donors (Lipinski definition) is 2. The predicted octanol–water partition coefficient (Wildman–Crippen LogP) is 12.2. The van der Waals surface area contributed by atoms with Gasteiger partial charge in [0.15, 0.2) is 0 Å². The first-order valence-corrected chi connectivity index (χ1v) is 17.9. The van der Waals surface area contributed by atoms with Gasteiger partial charge in [0.2, 0.25) is 0 Å². The van der Waals surface area contributed by atoms with Crippen LogP contribution in [0.3, 0.4) is 0 Å². The second kappa shape index (κ2) is 40.5. The van der Waals surface area contributed by atoms with Gasteiger partial charge in [0, 0.05) is 23.5 Å². The van der Waals surface area contributed by atoms with Crippen molar-refractivity contribution in [3.63, 3.8) is 0 Å². The van der Waals surface area contributed by atoms with Crippen LogP contribution in [0, 0.1) is 0 Å². The molecule has 0 aromatic carbocycles. The van der Waals surface area contributed by atoms with Crippen LogP contribution in [0.25, 0.3) is 0 Å². The zero-order valence-electron chi connectivity index (χ0n) is 27.4. The Labute approximate surface area is 280 Å². The van der Waals surface area contributed by atoms with E-state index < -0.39 is 11.9 Å². The summed E-state index contributed by atoms with van der Waals surface area (Å²) in [5.41, 5.74) is 0. The summed E-state index contributed by atoms with van der Waals surface area (Å²) in [6.07, 6.45) is 41.1. The molecule has 0 aliphatic rings. The largest absolute Gasteiger partial charge is 0 e. The van der Waals surface area contributed by atoms with Gasteiger partial charge in [-0.3, -0.25) is 4.79 Å². The Kier molecular flexibility index (Phi) is 44.2. The van der Waals surface area contributed by atoms with Crippen LogP contribution in [0.1, 0.15) is 187 Å². The number of rotatable bonds is 30. The van der Waals surface area contributed by atoms with Crippen molar-refractivity contribution in [2.75, 3.05) is 0 Å². The molecule has 6 heteroatoms. The van der Waals surface area contributed by atoms with E-state index in [1.54, 1.807) is 0 Å². The van der Waals surface area contributed by atoms with E-state index in [1.807, 2.05) is 0 Å². The summed E-state index contributed by atoms with van der Waals surface area (Å²) >= 11 is 3.88. The third-order valence-corrected chi connectivity index (χ3v) is 7.86. The third kappa shape index (κ3) is 46.4. The molecular weight excluding hydrogens is 608 g/mol. The van der Waals surface area contributed by atoms with E-state index in [4.69, 9.17) is 10.2 Å². The number of carboxylic acid groups (broad SMARTS) is 2. The molecule has 0 saturated carbocycles. The van der Waals surface area contributed by atoms with Crippen LogP contribution in [-0.2, 0) is 42.7 Å². The summed E-state index contributed by atoms with van der Waals surface area (Å²) in [5.74, 6) is -1.39. The number of aliphatic carboxylic acids is 2. The molecule has 0 spiro atoms. The fourth-order valence-electron chi connectivity index (χ4n) is 4.71. The quantitative estimate of drug-likeness (QED) is 0.0451. The SMILES string of the molecule is CCCCCCCC/C=C\CCCCCCCC(=O)O.CCCCCCCC/C=C\CCCCC[CH]([Fe])CC(=O)O.[Fe]. The molecular formula is C36H67Fe2O4. The van der Waals surface area contributed by atoms with Crippen LogP contribution in [0.4, 0.5) is 0 Å². The zero-order valence-corrected chi connectivity index (χ0v) is 29.6. The number of carbonyl (C=O) groups is 2. The van der Waals surface area contributed by atoms with Crippen molar-refractivity contribution >= 4 is 11.9 Å². The normalized spacial score (nSPS) is 11.8. The van der Waals surface area contributed by atoms with Crippen LogP contribution >= 0.6 is 0 Å². The van der Waals surface area contributed by atoms with Crippen LogP contribution in [-0.4, -0.2) is 22.2 Å². The molecule has 0 aliphatic carbocycles. The fourth-order valence-corrected chi connectivity index (χ4v) is 5.13. The molecule has 0 rings (SSSR count). The van der Waals surface area contributed by atoms with E-state index in [2.05, 4.69) is 54.2 Å². The van der Waals surface area contributed by atoms with E-state index in [9.17, 15) is 9.59 Å². The van der Waals surface area contributed by atoms with Crippen molar-refractivity contribution in [1.29, 1.82) is 0 Å². The van der Waals surface area contributed by atoms with E-state index in [1.165, 1.54) is 128 Å².